The Kier molecular flexibility index (Phi) is 4.40. The van der Waals surface area contributed by atoms with Crippen LogP contribution in [0.15, 0.2) is 34.8 Å². The molecule has 3 aromatic heterocycles. The van der Waals surface area contributed by atoms with Gasteiger partial charge in [0.25, 0.3) is 0 Å². The first-order valence-electron chi connectivity index (χ1n) is 9.79. The molecule has 0 aliphatic heterocycles. The summed E-state index contributed by atoms with van der Waals surface area (Å²) < 4.78 is 6.94. The lowest BCUT2D eigenvalue weighted by atomic mass is 10.1. The summed E-state index contributed by atoms with van der Waals surface area (Å²) in [7, 11) is -2.81. The fourth-order valence-corrected chi connectivity index (χ4v) is 10.2. The van der Waals surface area contributed by atoms with E-state index in [9.17, 15) is 0 Å². The van der Waals surface area contributed by atoms with Gasteiger partial charge in [-0.3, -0.25) is 0 Å². The minimum Gasteiger partial charge on any atom is -0.244 e. The summed E-state index contributed by atoms with van der Waals surface area (Å²) in [6.45, 7) is 14.6. The van der Waals surface area contributed by atoms with Crippen LogP contribution in [0.3, 0.4) is 0 Å². The first-order valence-corrected chi connectivity index (χ1v) is 19.2. The predicted molar refractivity (Wildman–Crippen MR) is 141 cm³/mol. The molecule has 148 valence electrons. The molecule has 0 fully saturated rings. The van der Waals surface area contributed by atoms with E-state index in [4.69, 9.17) is 9.97 Å². The highest BCUT2D eigenvalue weighted by Crippen LogP contribution is 2.40. The Morgan fingerprint density at radius 3 is 1.66 bits per heavy atom. The fourth-order valence-electron chi connectivity index (χ4n) is 3.61. The van der Waals surface area contributed by atoms with Gasteiger partial charge in [0.1, 0.15) is 0 Å². The Labute approximate surface area is 189 Å². The largest absolute Gasteiger partial charge is 0.244 e. The average molecular weight is 516 g/mol. The molecule has 0 spiro atoms. The van der Waals surface area contributed by atoms with Gasteiger partial charge in [0.15, 0.2) is 0 Å². The van der Waals surface area contributed by atoms with Gasteiger partial charge in [-0.25, -0.2) is 9.97 Å². The average Bonchev–Trinajstić information content (AvgIpc) is 3.24. The number of benzene rings is 2. The highest BCUT2D eigenvalue weighted by molar-refractivity contribution is 9.10. The van der Waals surface area contributed by atoms with Crippen LogP contribution in [-0.2, 0) is 0 Å². The molecule has 29 heavy (non-hydrogen) atoms. The second-order valence-corrected chi connectivity index (χ2v) is 23.6. The van der Waals surface area contributed by atoms with E-state index in [1.165, 1.54) is 20.2 Å². The van der Waals surface area contributed by atoms with Gasteiger partial charge < -0.3 is 0 Å². The van der Waals surface area contributed by atoms with Crippen LogP contribution in [0.1, 0.15) is 0 Å². The topological polar surface area (TPSA) is 25.8 Å². The molecular weight excluding hydrogens is 492 g/mol. The molecule has 0 atom stereocenters. The zero-order chi connectivity index (χ0) is 20.7. The third-order valence-corrected chi connectivity index (χ3v) is 15.4. The zero-order valence-corrected chi connectivity index (χ0v) is 22.7. The standard InChI is InChI=1S/C22H23BrN2S2Si2/c1-28(2,3)17-10-13-19-20(25-16-9-12(23)7-8-15(16)24-19)14-11-18(29(4,5)6)27-22(14)21(13)26-17/h7-11H,1-6H3. The van der Waals surface area contributed by atoms with Gasteiger partial charge in [-0.05, 0) is 39.3 Å². The van der Waals surface area contributed by atoms with E-state index in [-0.39, 0.29) is 0 Å². The molecular formula is C22H23BrN2S2Si2. The summed E-state index contributed by atoms with van der Waals surface area (Å²) in [5.74, 6) is 0. The van der Waals surface area contributed by atoms with Crippen molar-refractivity contribution in [2.75, 3.05) is 0 Å². The summed E-state index contributed by atoms with van der Waals surface area (Å²) in [4.78, 5) is 10.2. The highest BCUT2D eigenvalue weighted by Gasteiger charge is 2.26. The van der Waals surface area contributed by atoms with Crippen LogP contribution < -0.4 is 9.00 Å². The van der Waals surface area contributed by atoms with E-state index < -0.39 is 16.1 Å². The minimum absolute atomic E-state index is 0.953. The lowest BCUT2D eigenvalue weighted by molar-refractivity contribution is 1.41. The summed E-state index contributed by atoms with van der Waals surface area (Å²) in [6.07, 6.45) is 0. The van der Waals surface area contributed by atoms with E-state index in [1.807, 2.05) is 28.7 Å². The third kappa shape index (κ3) is 3.22. The lowest BCUT2D eigenvalue weighted by Crippen LogP contribution is -2.34. The number of thiophene rings is 2. The maximum atomic E-state index is 5.13. The Bertz CT molecular complexity index is 1440. The molecule has 0 aliphatic rings. The molecule has 0 saturated heterocycles. The Morgan fingerprint density at radius 1 is 0.690 bits per heavy atom. The molecule has 0 unspecified atom stereocenters. The summed E-state index contributed by atoms with van der Waals surface area (Å²) in [5.41, 5.74) is 4.03. The summed E-state index contributed by atoms with van der Waals surface area (Å²) in [5, 5.41) is 2.57. The van der Waals surface area contributed by atoms with Crippen LogP contribution in [-0.4, -0.2) is 26.1 Å². The normalized spacial score (nSPS) is 13.3. The second-order valence-electron chi connectivity index (χ2n) is 9.76. The molecule has 2 nitrogen and oxygen atoms in total. The van der Waals surface area contributed by atoms with Crippen molar-refractivity contribution >= 4 is 106 Å². The Hall–Kier alpha value is -1.13. The number of aromatic nitrogens is 2. The molecule has 3 heterocycles. The van der Waals surface area contributed by atoms with Crippen molar-refractivity contribution in [2.24, 2.45) is 0 Å². The lowest BCUT2D eigenvalue weighted by Gasteiger charge is -2.12. The Morgan fingerprint density at radius 2 is 1.17 bits per heavy atom. The van der Waals surface area contributed by atoms with Crippen molar-refractivity contribution in [2.45, 2.75) is 39.3 Å². The van der Waals surface area contributed by atoms with Crippen molar-refractivity contribution in [3.63, 3.8) is 0 Å². The van der Waals surface area contributed by atoms with Crippen LogP contribution in [0.4, 0.5) is 0 Å². The van der Waals surface area contributed by atoms with Crippen LogP contribution in [0, 0.1) is 0 Å². The van der Waals surface area contributed by atoms with Crippen LogP contribution in [0.2, 0.25) is 39.3 Å². The second kappa shape index (κ2) is 6.44. The first kappa shape index (κ1) is 19.8. The van der Waals surface area contributed by atoms with Crippen molar-refractivity contribution in [3.8, 4) is 0 Å². The van der Waals surface area contributed by atoms with Crippen molar-refractivity contribution in [1.29, 1.82) is 0 Å². The molecule has 0 saturated carbocycles. The number of hydrogen-bond donors (Lipinski definition) is 0. The van der Waals surface area contributed by atoms with Gasteiger partial charge in [-0.2, -0.15) is 0 Å². The number of halogens is 1. The van der Waals surface area contributed by atoms with E-state index in [0.29, 0.717) is 0 Å². The molecule has 5 rings (SSSR count). The number of rotatable bonds is 2. The fraction of sp³-hybridized carbons (Fsp3) is 0.273. The Balaban J connectivity index is 2.02. The van der Waals surface area contributed by atoms with Gasteiger partial charge >= 0.3 is 0 Å². The number of hydrogen-bond acceptors (Lipinski definition) is 4. The van der Waals surface area contributed by atoms with Crippen LogP contribution in [0.25, 0.3) is 42.2 Å². The monoisotopic (exact) mass is 514 g/mol. The number of nitrogens with zero attached hydrogens (tertiary/aromatic N) is 2. The molecule has 0 N–H and O–H groups in total. The van der Waals surface area contributed by atoms with Crippen molar-refractivity contribution in [3.05, 3.63) is 34.8 Å². The van der Waals surface area contributed by atoms with Gasteiger partial charge in [0.2, 0.25) is 0 Å². The van der Waals surface area contributed by atoms with Gasteiger partial charge in [-0.1, -0.05) is 55.2 Å². The molecule has 7 heteroatoms. The van der Waals surface area contributed by atoms with E-state index in [0.717, 1.165) is 26.5 Å². The molecule has 0 amide bonds. The maximum Gasteiger partial charge on any atom is 0.0988 e. The van der Waals surface area contributed by atoms with E-state index >= 15 is 0 Å². The van der Waals surface area contributed by atoms with Crippen LogP contribution >= 0.6 is 38.6 Å². The third-order valence-electron chi connectivity index (χ3n) is 5.29. The van der Waals surface area contributed by atoms with Crippen molar-refractivity contribution in [1.82, 2.24) is 9.97 Å². The molecule has 0 radical (unpaired) electrons. The quantitative estimate of drug-likeness (QED) is 0.186. The maximum absolute atomic E-state index is 5.13. The minimum atomic E-state index is -1.41. The van der Waals surface area contributed by atoms with Gasteiger partial charge in [-0.15, -0.1) is 22.7 Å². The first-order chi connectivity index (χ1) is 13.5. The zero-order valence-electron chi connectivity index (χ0n) is 17.5. The predicted octanol–water partition coefficient (Wildman–Crippen LogP) is 7.07. The molecule has 5 aromatic rings. The van der Waals surface area contributed by atoms with Gasteiger partial charge in [0, 0.05) is 15.2 Å². The summed E-state index contributed by atoms with van der Waals surface area (Å²) >= 11 is 7.57. The van der Waals surface area contributed by atoms with Crippen LogP contribution in [0.5, 0.6) is 0 Å². The van der Waals surface area contributed by atoms with Gasteiger partial charge in [0.05, 0.1) is 47.6 Å². The van der Waals surface area contributed by atoms with Crippen molar-refractivity contribution < 1.29 is 0 Å². The molecule has 2 aromatic carbocycles. The molecule has 0 aliphatic carbocycles. The highest BCUT2D eigenvalue weighted by atomic mass is 79.9. The molecule has 0 bridgehead atoms. The van der Waals surface area contributed by atoms with E-state index in [2.05, 4.69) is 79.5 Å². The smallest absolute Gasteiger partial charge is 0.0988 e. The number of fused-ring (bicyclic) bond motifs is 7. The summed E-state index contributed by atoms with van der Waals surface area (Å²) in [6, 6.07) is 11.0. The van der Waals surface area contributed by atoms with E-state index in [1.54, 1.807) is 9.00 Å². The SMILES string of the molecule is C[Si](C)(C)c1cc2c3nc4ccc(Br)cc4nc3c3cc([Si](C)(C)C)sc3c2s1.